The fourth-order valence-electron chi connectivity index (χ4n) is 16.3. The lowest BCUT2D eigenvalue weighted by Crippen LogP contribution is -2.56. The summed E-state index contributed by atoms with van der Waals surface area (Å²) in [6.45, 7) is 28.3. The molecule has 0 aliphatic heterocycles. The quantitative estimate of drug-likeness (QED) is 0.00992. The largest absolute Gasteiger partial charge is 0.425 e. The molecule has 0 saturated heterocycles. The third-order valence-corrected chi connectivity index (χ3v) is 24.1. The van der Waals surface area contributed by atoms with Crippen molar-refractivity contribution in [1.82, 2.24) is 90.4 Å². The van der Waals surface area contributed by atoms with Gasteiger partial charge in [-0.1, -0.05) is 202 Å². The van der Waals surface area contributed by atoms with E-state index in [0.29, 0.717) is 37.1 Å². The van der Waals surface area contributed by atoms with Crippen LogP contribution in [0, 0.1) is 60.4 Å². The molecule has 798 valence electrons. The molecule has 0 aliphatic rings. The summed E-state index contributed by atoms with van der Waals surface area (Å²) in [7, 11) is 2.86. The van der Waals surface area contributed by atoms with Crippen molar-refractivity contribution >= 4 is 112 Å². The molecule has 0 radical (unpaired) electrons. The zero-order valence-electron chi connectivity index (χ0n) is 87.1. The van der Waals surface area contributed by atoms with Crippen LogP contribution in [0.4, 0.5) is 5.69 Å². The van der Waals surface area contributed by atoms with E-state index in [1.54, 1.807) is 147 Å². The highest BCUT2D eigenvalue weighted by Crippen LogP contribution is 2.46. The van der Waals surface area contributed by atoms with E-state index < -0.39 is 213 Å². The number of aliphatic hydroxyl groups excluding tert-OH is 2. The SMILES string of the molecule is CCC(C)(CC(C)(CC(C)(C)C(=O)NCC(=O)NC(Cc1ccccc1)C(=O)NC(CC(C)C)C(=O)NCC(=O)NC)C(=O)NCC(C)O)C(=O)NCC(=O)NC(Cc1ccccc1)C(=O)NC(CC(C)C)C(=O)NCC(=O)Oc1ccc([N+](=O)[O-])cc1.CCC(C)(CC(C)(CC(C)(C)C(=O)NCC(=O)NC(Cc1ccccc1)C(=O)NC(CC(C)C)C(=O)NCC(=O)NC)C(=O)NCC(C)O)C(=O)NCCCN. The van der Waals surface area contributed by atoms with Crippen molar-refractivity contribution in [2.24, 2.45) is 56.0 Å². The summed E-state index contributed by atoms with van der Waals surface area (Å²) < 4.78 is 5.19. The number of carbonyl (C=O) groups excluding carboxylic acids is 18. The number of likely N-dealkylation sites (N-methyl/N-ethyl adjacent to an activating group) is 2. The smallest absolute Gasteiger partial charge is 0.330 e. The molecule has 0 aliphatic carbocycles. The second-order valence-electron chi connectivity index (χ2n) is 40.2. The molecule has 42 nitrogen and oxygen atoms in total. The molecule has 0 saturated carbocycles. The molecule has 0 bridgehead atoms. The average Bonchev–Trinajstić information content (AvgIpc) is 0.785. The number of nitro groups is 1. The first-order chi connectivity index (χ1) is 67.4. The fourth-order valence-corrected chi connectivity index (χ4v) is 16.3. The molecule has 12 atom stereocenters. The van der Waals surface area contributed by atoms with E-state index in [-0.39, 0.29) is 132 Å². The van der Waals surface area contributed by atoms with Crippen LogP contribution in [0.5, 0.6) is 5.75 Å². The van der Waals surface area contributed by atoms with Crippen molar-refractivity contribution in [3.05, 3.63) is 142 Å². The van der Waals surface area contributed by atoms with Crippen LogP contribution < -0.4 is 101 Å². The highest BCUT2D eigenvalue weighted by atomic mass is 16.6. The van der Waals surface area contributed by atoms with Crippen molar-refractivity contribution in [2.75, 3.05) is 79.5 Å². The van der Waals surface area contributed by atoms with Crippen LogP contribution in [0.2, 0.25) is 0 Å². The van der Waals surface area contributed by atoms with Gasteiger partial charge < -0.3 is 111 Å². The molecule has 0 heterocycles. The van der Waals surface area contributed by atoms with Crippen molar-refractivity contribution in [3.63, 3.8) is 0 Å². The lowest BCUT2D eigenvalue weighted by Gasteiger charge is -2.41. The number of non-ortho nitro benzene ring substituents is 1. The standard InChI is InChI=1S/C62H89N11O15.C40H68N8O8/c1-12-61(9,58(84)68-34-51(77)70-48(30-42-21-17-14-18-22-42)56(82)72-46(28-39(4)5)54(80)65-35-52(78)88-44-25-23-43(24-26-44)73(86)87)37-62(10,59(85)66-31-40(6)74)36-60(7,8)57(83)67-33-50(76)69-47(29-41-19-15-13-16-20-41)55(81)71-45(27-38(2)3)53(79)64-32-49(75)63-11;1-10-39(7,36(55)43-18-14-17-41)25-40(8,37(56)45-21-27(4)49)24-38(5,6)35(54)46-23-32(51)47-30(20-28-15-12-11-13-16-28)34(53)48-29(19-26(2)3)33(52)44-22-31(50)42-9/h13-26,38-40,45-48,74H,12,27-37H2,1-11H3,(H,63,75)(H,64,79)(H,65,80)(H,66,85)(H,67,83)(H,68,84)(H,69,76)(H,70,77)(H,71,81)(H,72,82);11-13,15-16,26-27,29-30,49H,10,14,17-25,41H2,1-9H3,(H,42,50)(H,43,55)(H,44,52)(H,45,56)(H,46,54)(H,47,51)(H,48,53). The molecule has 4 rings (SSSR count). The Balaban J connectivity index is 0.000000819. The molecule has 4 aromatic carbocycles. The van der Waals surface area contributed by atoms with Crippen LogP contribution in [-0.2, 0) is 106 Å². The Morgan fingerprint density at radius 1 is 0.354 bits per heavy atom. The van der Waals surface area contributed by atoms with Gasteiger partial charge in [-0.25, -0.2) is 4.79 Å². The van der Waals surface area contributed by atoms with E-state index in [1.165, 1.54) is 40.1 Å². The zero-order chi connectivity index (χ0) is 109. The van der Waals surface area contributed by atoms with Gasteiger partial charge in [-0.3, -0.25) is 91.6 Å². The monoisotopic (exact) mass is 2020 g/mol. The van der Waals surface area contributed by atoms with E-state index >= 15 is 0 Å². The lowest BCUT2D eigenvalue weighted by atomic mass is 9.64. The number of hydrogen-bond donors (Lipinski definition) is 20. The normalized spacial score (nSPS) is 14.6. The molecule has 12 unspecified atom stereocenters. The summed E-state index contributed by atoms with van der Waals surface area (Å²) >= 11 is 0. The number of rotatable bonds is 61. The first-order valence-electron chi connectivity index (χ1n) is 48.8. The molecule has 4 aromatic rings. The Kier molecular flexibility index (Phi) is 52.8. The number of benzene rings is 4. The van der Waals surface area contributed by atoms with Gasteiger partial charge in [-0.2, -0.15) is 0 Å². The number of nitrogens with zero attached hydrogens (tertiary/aromatic N) is 1. The lowest BCUT2D eigenvalue weighted by molar-refractivity contribution is -0.384. The van der Waals surface area contributed by atoms with Crippen LogP contribution in [0.1, 0.15) is 206 Å². The number of amides is 17. The summed E-state index contributed by atoms with van der Waals surface area (Å²) in [5.74, 6) is -11.2. The Labute approximate surface area is 844 Å². The molecule has 144 heavy (non-hydrogen) atoms. The van der Waals surface area contributed by atoms with E-state index in [0.717, 1.165) is 17.7 Å². The molecule has 21 N–H and O–H groups in total. The zero-order valence-corrected chi connectivity index (χ0v) is 87.1. The van der Waals surface area contributed by atoms with E-state index in [2.05, 4.69) is 90.4 Å². The third kappa shape index (κ3) is 45.1. The number of aliphatic hydroxyl groups is 2. The molecule has 0 spiro atoms. The highest BCUT2D eigenvalue weighted by Gasteiger charge is 2.51. The summed E-state index contributed by atoms with van der Waals surface area (Å²) in [5.41, 5.74) is -0.397. The van der Waals surface area contributed by atoms with Gasteiger partial charge in [0.05, 0.1) is 49.9 Å². The Morgan fingerprint density at radius 3 is 0.931 bits per heavy atom. The predicted molar refractivity (Wildman–Crippen MR) is 540 cm³/mol. The van der Waals surface area contributed by atoms with Crippen LogP contribution >= 0.6 is 0 Å². The van der Waals surface area contributed by atoms with Crippen molar-refractivity contribution in [1.29, 1.82) is 0 Å². The van der Waals surface area contributed by atoms with E-state index in [9.17, 15) is 107 Å². The number of ether oxygens (including phenoxy) is 1. The Hall–Kier alpha value is -13.4. The molecule has 17 amide bonds. The number of nitro benzene ring substituents is 1. The second-order valence-corrected chi connectivity index (χ2v) is 40.2. The van der Waals surface area contributed by atoms with Gasteiger partial charge in [-0.15, -0.1) is 0 Å². The van der Waals surface area contributed by atoms with Crippen LogP contribution in [0.25, 0.3) is 0 Å². The van der Waals surface area contributed by atoms with Gasteiger partial charge in [-0.05, 0) is 131 Å². The molecule has 0 aromatic heterocycles. The maximum Gasteiger partial charge on any atom is 0.330 e. The number of hydrogen-bond acceptors (Lipinski definition) is 24. The summed E-state index contributed by atoms with van der Waals surface area (Å²) in [6.07, 6.45) is -0.347. The number of carbonyl (C=O) groups is 18. The highest BCUT2D eigenvalue weighted by molar-refractivity contribution is 5.99. The first kappa shape index (κ1) is 125. The van der Waals surface area contributed by atoms with Crippen molar-refractivity contribution in [3.8, 4) is 5.75 Å². The van der Waals surface area contributed by atoms with Gasteiger partial charge in [0.15, 0.2) is 0 Å². The Bertz CT molecular complexity index is 4930. The minimum atomic E-state index is -1.54. The summed E-state index contributed by atoms with van der Waals surface area (Å²) in [4.78, 5) is 253. The van der Waals surface area contributed by atoms with Crippen molar-refractivity contribution in [2.45, 2.75) is 257 Å². The van der Waals surface area contributed by atoms with Gasteiger partial charge in [0.25, 0.3) is 5.69 Å². The number of nitrogens with one attached hydrogen (secondary N) is 17. The minimum Gasteiger partial charge on any atom is -0.425 e. The minimum absolute atomic E-state index is 0.00159. The number of esters is 1. The fraction of sp³-hybridized carbons (Fsp3) is 0.588. The summed E-state index contributed by atoms with van der Waals surface area (Å²) in [6, 6.07) is 24.3. The van der Waals surface area contributed by atoms with Gasteiger partial charge in [0.2, 0.25) is 100 Å². The van der Waals surface area contributed by atoms with Crippen LogP contribution in [0.3, 0.4) is 0 Å². The van der Waals surface area contributed by atoms with Crippen LogP contribution in [-0.4, -0.2) is 250 Å². The molecule has 42 heteroatoms. The topological polar surface area (TPSA) is 631 Å². The second kappa shape index (κ2) is 60.9. The predicted octanol–water partition coefficient (Wildman–Crippen LogP) is 2.37. The van der Waals surface area contributed by atoms with Crippen LogP contribution in [0.15, 0.2) is 115 Å². The Morgan fingerprint density at radius 2 is 0.646 bits per heavy atom. The van der Waals surface area contributed by atoms with Gasteiger partial charge in [0.1, 0.15) is 48.5 Å². The average molecular weight is 2020 g/mol. The van der Waals surface area contributed by atoms with Gasteiger partial charge >= 0.3 is 5.97 Å². The summed E-state index contributed by atoms with van der Waals surface area (Å²) in [5, 5.41) is 75.8. The third-order valence-electron chi connectivity index (χ3n) is 24.1. The van der Waals surface area contributed by atoms with Gasteiger partial charge in [0, 0.05) is 97.6 Å². The number of nitrogens with two attached hydrogens (primary N) is 1. The van der Waals surface area contributed by atoms with E-state index in [1.807, 2.05) is 54.5 Å². The molecular weight excluding hydrogens is 1860 g/mol. The van der Waals surface area contributed by atoms with E-state index in [4.69, 9.17) is 10.5 Å². The molecule has 0 fully saturated rings. The first-order valence-corrected chi connectivity index (χ1v) is 48.8. The van der Waals surface area contributed by atoms with Crippen molar-refractivity contribution < 1.29 is 106 Å². The maximum atomic E-state index is 14.4. The maximum absolute atomic E-state index is 14.4. The molecular formula is C102H157N19O23.